The largest absolute Gasteiger partial charge is 0.478 e. The van der Waals surface area contributed by atoms with Gasteiger partial charge in [-0.05, 0) is 6.07 Å². The molecule has 7 nitrogen and oxygen atoms in total. The lowest BCUT2D eigenvalue weighted by atomic mass is 10.3. The van der Waals surface area contributed by atoms with Crippen molar-refractivity contribution in [2.45, 2.75) is 0 Å². The van der Waals surface area contributed by atoms with E-state index in [0.717, 1.165) is 0 Å². The monoisotopic (exact) mass is 224 g/mol. The lowest BCUT2D eigenvalue weighted by Gasteiger charge is -2.12. The number of amides is 2. The van der Waals surface area contributed by atoms with Gasteiger partial charge >= 0.3 is 12.0 Å². The molecule has 0 aliphatic rings. The SMILES string of the molecule is CN(C)NC(=O)Nc1cncc(C(=O)O)c1. The molecule has 0 aromatic carbocycles. The van der Waals surface area contributed by atoms with Gasteiger partial charge in [-0.2, -0.15) is 0 Å². The first-order chi connectivity index (χ1) is 7.49. The molecule has 0 fully saturated rings. The number of anilines is 1. The van der Waals surface area contributed by atoms with Crippen LogP contribution >= 0.6 is 0 Å². The van der Waals surface area contributed by atoms with Crippen molar-refractivity contribution in [2.75, 3.05) is 19.4 Å². The molecule has 1 heterocycles. The zero-order valence-electron chi connectivity index (χ0n) is 8.89. The van der Waals surface area contributed by atoms with Crippen LogP contribution in [0.25, 0.3) is 0 Å². The van der Waals surface area contributed by atoms with Crippen LogP contribution < -0.4 is 10.7 Å². The predicted octanol–water partition coefficient (Wildman–Crippen LogP) is 0.378. The third-order valence-electron chi connectivity index (χ3n) is 1.57. The Morgan fingerprint density at radius 1 is 1.38 bits per heavy atom. The van der Waals surface area contributed by atoms with Crippen LogP contribution in [-0.4, -0.2) is 41.2 Å². The Labute approximate surface area is 92.1 Å². The number of aromatic nitrogens is 1. The molecule has 3 N–H and O–H groups in total. The Kier molecular flexibility index (Phi) is 3.78. The number of hydrogen-bond donors (Lipinski definition) is 3. The van der Waals surface area contributed by atoms with Crippen LogP contribution in [0.4, 0.5) is 10.5 Å². The standard InChI is InChI=1S/C9H12N4O3/c1-13(2)12-9(16)11-7-3-6(8(14)15)4-10-5-7/h3-5H,1-2H3,(H,14,15)(H2,11,12,16). The van der Waals surface area contributed by atoms with Crippen LogP contribution in [0.5, 0.6) is 0 Å². The van der Waals surface area contributed by atoms with Crippen molar-refractivity contribution >= 4 is 17.7 Å². The van der Waals surface area contributed by atoms with Crippen molar-refractivity contribution in [3.8, 4) is 0 Å². The summed E-state index contributed by atoms with van der Waals surface area (Å²) < 4.78 is 0. The minimum Gasteiger partial charge on any atom is -0.478 e. The third kappa shape index (κ3) is 3.54. The van der Waals surface area contributed by atoms with Crippen LogP contribution in [0.2, 0.25) is 0 Å². The van der Waals surface area contributed by atoms with Crippen molar-refractivity contribution in [3.63, 3.8) is 0 Å². The van der Waals surface area contributed by atoms with Gasteiger partial charge in [0.05, 0.1) is 17.4 Å². The van der Waals surface area contributed by atoms with Crippen LogP contribution in [0, 0.1) is 0 Å². The number of carboxylic acids is 1. The van der Waals surface area contributed by atoms with Gasteiger partial charge in [0, 0.05) is 20.3 Å². The molecule has 0 spiro atoms. The van der Waals surface area contributed by atoms with Gasteiger partial charge in [0.1, 0.15) is 0 Å². The van der Waals surface area contributed by atoms with Crippen LogP contribution in [-0.2, 0) is 0 Å². The second kappa shape index (κ2) is 5.08. The number of carbonyl (C=O) groups is 2. The molecule has 0 radical (unpaired) electrons. The van der Waals surface area contributed by atoms with E-state index in [1.54, 1.807) is 14.1 Å². The fourth-order valence-electron chi connectivity index (χ4n) is 0.987. The fourth-order valence-corrected chi connectivity index (χ4v) is 0.987. The van der Waals surface area contributed by atoms with Crippen LogP contribution in [0.15, 0.2) is 18.5 Å². The first-order valence-electron chi connectivity index (χ1n) is 4.42. The summed E-state index contributed by atoms with van der Waals surface area (Å²) in [5, 5.41) is 12.6. The Morgan fingerprint density at radius 3 is 2.62 bits per heavy atom. The first-order valence-corrected chi connectivity index (χ1v) is 4.42. The minimum atomic E-state index is -1.09. The normalized spacial score (nSPS) is 9.94. The highest BCUT2D eigenvalue weighted by Gasteiger charge is 2.06. The molecule has 7 heteroatoms. The molecule has 1 aromatic heterocycles. The highest BCUT2D eigenvalue weighted by Crippen LogP contribution is 2.07. The molecular formula is C9H12N4O3. The summed E-state index contributed by atoms with van der Waals surface area (Å²) in [6.45, 7) is 0. The number of pyridine rings is 1. The quantitative estimate of drug-likeness (QED) is 0.645. The van der Waals surface area contributed by atoms with E-state index in [9.17, 15) is 9.59 Å². The van der Waals surface area contributed by atoms with Crippen LogP contribution in [0.3, 0.4) is 0 Å². The van der Waals surface area contributed by atoms with E-state index >= 15 is 0 Å². The zero-order chi connectivity index (χ0) is 12.1. The van der Waals surface area contributed by atoms with E-state index in [4.69, 9.17) is 5.11 Å². The molecule has 0 aliphatic heterocycles. The topological polar surface area (TPSA) is 94.6 Å². The van der Waals surface area contributed by atoms with E-state index in [0.29, 0.717) is 5.69 Å². The average molecular weight is 224 g/mol. The summed E-state index contributed by atoms with van der Waals surface area (Å²) in [4.78, 5) is 25.6. The first kappa shape index (κ1) is 11.9. The summed E-state index contributed by atoms with van der Waals surface area (Å²) in [5.74, 6) is -1.09. The predicted molar refractivity (Wildman–Crippen MR) is 57.0 cm³/mol. The Bertz CT molecular complexity index is 405. The van der Waals surface area contributed by atoms with Crippen molar-refractivity contribution in [1.82, 2.24) is 15.4 Å². The molecule has 0 bridgehead atoms. The number of aromatic carboxylic acids is 1. The van der Waals surface area contributed by atoms with Crippen LogP contribution in [0.1, 0.15) is 10.4 Å². The summed E-state index contributed by atoms with van der Waals surface area (Å²) >= 11 is 0. The van der Waals surface area contributed by atoms with E-state index in [2.05, 4.69) is 15.7 Å². The second-order valence-electron chi connectivity index (χ2n) is 3.23. The van der Waals surface area contributed by atoms with Gasteiger partial charge in [-0.3, -0.25) is 10.4 Å². The summed E-state index contributed by atoms with van der Waals surface area (Å²) in [6, 6.07) is 0.860. The Hall–Kier alpha value is -2.15. The number of carbonyl (C=O) groups excluding carboxylic acids is 1. The fraction of sp³-hybridized carbons (Fsp3) is 0.222. The summed E-state index contributed by atoms with van der Waals surface area (Å²) in [7, 11) is 3.32. The van der Waals surface area contributed by atoms with Crippen molar-refractivity contribution < 1.29 is 14.7 Å². The molecule has 86 valence electrons. The van der Waals surface area contributed by atoms with Crippen molar-refractivity contribution in [2.24, 2.45) is 0 Å². The number of nitrogens with one attached hydrogen (secondary N) is 2. The van der Waals surface area contributed by atoms with Gasteiger partial charge in [0.15, 0.2) is 0 Å². The molecule has 0 atom stereocenters. The molecule has 0 aliphatic carbocycles. The number of carboxylic acid groups (broad SMARTS) is 1. The van der Waals surface area contributed by atoms with Gasteiger partial charge < -0.3 is 10.4 Å². The van der Waals surface area contributed by atoms with Gasteiger partial charge in [-0.25, -0.2) is 14.6 Å². The molecule has 0 saturated carbocycles. The number of hydrazine groups is 1. The van der Waals surface area contributed by atoms with Crippen molar-refractivity contribution in [3.05, 3.63) is 24.0 Å². The Morgan fingerprint density at radius 2 is 2.06 bits per heavy atom. The highest BCUT2D eigenvalue weighted by atomic mass is 16.4. The van der Waals surface area contributed by atoms with E-state index in [1.165, 1.54) is 23.5 Å². The Balaban J connectivity index is 2.70. The molecule has 0 unspecified atom stereocenters. The summed E-state index contributed by atoms with van der Waals surface area (Å²) in [5.41, 5.74) is 2.78. The smallest absolute Gasteiger partial charge is 0.337 e. The molecule has 2 amide bonds. The molecule has 0 saturated heterocycles. The zero-order valence-corrected chi connectivity index (χ0v) is 8.89. The number of rotatable bonds is 3. The van der Waals surface area contributed by atoms with Gasteiger partial charge in [0.2, 0.25) is 0 Å². The maximum absolute atomic E-state index is 11.3. The highest BCUT2D eigenvalue weighted by molar-refractivity contribution is 5.92. The molecule has 1 rings (SSSR count). The van der Waals surface area contributed by atoms with Gasteiger partial charge in [-0.15, -0.1) is 0 Å². The average Bonchev–Trinajstić information content (AvgIpc) is 2.16. The van der Waals surface area contributed by atoms with Gasteiger partial charge in [0.25, 0.3) is 0 Å². The molecule has 1 aromatic rings. The van der Waals surface area contributed by atoms with E-state index in [-0.39, 0.29) is 5.56 Å². The second-order valence-corrected chi connectivity index (χ2v) is 3.23. The molecular weight excluding hydrogens is 212 g/mol. The maximum atomic E-state index is 11.3. The lowest BCUT2D eigenvalue weighted by Crippen LogP contribution is -2.39. The summed E-state index contributed by atoms with van der Waals surface area (Å²) in [6.07, 6.45) is 2.57. The number of urea groups is 1. The van der Waals surface area contributed by atoms with E-state index < -0.39 is 12.0 Å². The third-order valence-corrected chi connectivity index (χ3v) is 1.57. The maximum Gasteiger partial charge on any atom is 0.337 e. The van der Waals surface area contributed by atoms with E-state index in [1.807, 2.05) is 0 Å². The van der Waals surface area contributed by atoms with Crippen molar-refractivity contribution in [1.29, 1.82) is 0 Å². The molecule has 16 heavy (non-hydrogen) atoms. The minimum absolute atomic E-state index is 0.0163. The van der Waals surface area contributed by atoms with Gasteiger partial charge in [-0.1, -0.05) is 0 Å². The lowest BCUT2D eigenvalue weighted by molar-refractivity contribution is 0.0696. The number of hydrogen-bond acceptors (Lipinski definition) is 4. The number of nitrogens with zero attached hydrogens (tertiary/aromatic N) is 2.